The predicted octanol–water partition coefficient (Wildman–Crippen LogP) is -3.53. The van der Waals surface area contributed by atoms with Gasteiger partial charge in [0.15, 0.2) is 0 Å². The van der Waals surface area contributed by atoms with Gasteiger partial charge < -0.3 is 24.9 Å². The third-order valence-electron chi connectivity index (χ3n) is 4.97. The molecule has 0 aliphatic rings. The van der Waals surface area contributed by atoms with Crippen molar-refractivity contribution in [1.29, 1.82) is 0 Å². The van der Waals surface area contributed by atoms with E-state index < -0.39 is 39.7 Å². The number of carbonyl (C=O) groups excluding carboxylic acids is 2. The fourth-order valence-corrected chi connectivity index (χ4v) is 3.70. The fourth-order valence-electron chi connectivity index (χ4n) is 3.11. The summed E-state index contributed by atoms with van der Waals surface area (Å²) in [5, 5.41) is 25.8. The van der Waals surface area contributed by atoms with Crippen LogP contribution >= 0.6 is 0 Å². The molecule has 0 rings (SSSR count). The quantitative estimate of drug-likeness (QED) is 0.0926. The first-order valence-corrected chi connectivity index (χ1v) is 13.1. The van der Waals surface area contributed by atoms with Crippen LogP contribution in [0.15, 0.2) is 0 Å². The monoisotopic (exact) mass is 526 g/mol. The molecular weight excluding hydrogens is 486 g/mol. The van der Waals surface area contributed by atoms with Crippen LogP contribution in [-0.2, 0) is 24.5 Å². The molecule has 0 aliphatic carbocycles. The predicted molar refractivity (Wildman–Crippen MR) is 117 cm³/mol. The molecule has 1 atom stereocenters. The molecule has 2 N–H and O–H groups in total. The summed E-state index contributed by atoms with van der Waals surface area (Å²) in [5.74, 6) is -4.73. The zero-order chi connectivity index (χ0) is 24.8. The molecule has 190 valence electrons. The Bertz CT molecular complexity index is 613. The van der Waals surface area contributed by atoms with Gasteiger partial charge in [-0.25, -0.2) is 0 Å². The van der Waals surface area contributed by atoms with Gasteiger partial charge in [0, 0.05) is 18.8 Å². The molecule has 0 radical (unpaired) electrons. The number of hydrogen-bond acceptors (Lipinski definition) is 7. The zero-order valence-electron chi connectivity index (χ0n) is 21.3. The molecule has 12 heteroatoms. The molecule has 1 unspecified atom stereocenters. The van der Waals surface area contributed by atoms with Crippen molar-refractivity contribution in [2.24, 2.45) is 0 Å². The van der Waals surface area contributed by atoms with Gasteiger partial charge in [0.25, 0.3) is 10.1 Å². The summed E-state index contributed by atoms with van der Waals surface area (Å²) in [5.41, 5.74) is 0. The molecule has 34 heavy (non-hydrogen) atoms. The molecule has 0 aromatic carbocycles. The van der Waals surface area contributed by atoms with Crippen molar-refractivity contribution in [1.82, 2.24) is 0 Å². The Morgan fingerprint density at radius 3 is 1.24 bits per heavy atom. The molecule has 0 fully saturated rings. The van der Waals surface area contributed by atoms with Crippen LogP contribution < -0.4 is 69.3 Å². The summed E-state index contributed by atoms with van der Waals surface area (Å²) < 4.78 is 28.5. The zero-order valence-corrected chi connectivity index (χ0v) is 26.1. The maximum atomic E-state index is 10.3. The van der Waals surface area contributed by atoms with Crippen LogP contribution in [0.4, 0.5) is 0 Å². The van der Waals surface area contributed by atoms with E-state index in [0.29, 0.717) is 6.42 Å². The Balaban J connectivity index is -0.000000279. The Labute approximate surface area is 249 Å². The summed E-state index contributed by atoms with van der Waals surface area (Å²) in [6.45, 7) is 2.27. The second kappa shape index (κ2) is 27.9. The molecule has 0 aromatic rings. The van der Waals surface area contributed by atoms with Gasteiger partial charge in [-0.1, -0.05) is 96.8 Å². The first-order chi connectivity index (χ1) is 15.0. The third kappa shape index (κ3) is 32.3. The molecule has 0 saturated carbocycles. The minimum absolute atomic E-state index is 0. The second-order valence-corrected chi connectivity index (χ2v) is 9.59. The maximum Gasteiger partial charge on any atom is 1.00 e. The van der Waals surface area contributed by atoms with Crippen LogP contribution in [0.3, 0.4) is 0 Å². The Hall–Kier alpha value is 0.320. The van der Waals surface area contributed by atoms with E-state index in [1.165, 1.54) is 83.5 Å². The van der Waals surface area contributed by atoms with Crippen molar-refractivity contribution in [3.63, 3.8) is 0 Å². The largest absolute Gasteiger partial charge is 1.00 e. The van der Waals surface area contributed by atoms with Gasteiger partial charge in [-0.15, -0.1) is 0 Å². The molecule has 0 aromatic heterocycles. The summed E-state index contributed by atoms with van der Waals surface area (Å²) in [6.07, 6.45) is 18.9. The molecule has 0 spiro atoms. The number of carbonyl (C=O) groups is 3. The minimum Gasteiger partial charge on any atom is -0.550 e. The Kier molecular flexibility index (Phi) is 34.0. The van der Waals surface area contributed by atoms with Crippen LogP contribution in [0.5, 0.6) is 0 Å². The van der Waals surface area contributed by atoms with Crippen LogP contribution in [0.25, 0.3) is 0 Å². The van der Waals surface area contributed by atoms with E-state index >= 15 is 0 Å². The van der Waals surface area contributed by atoms with Gasteiger partial charge in [0.1, 0.15) is 5.25 Å². The van der Waals surface area contributed by atoms with Crippen LogP contribution in [0.1, 0.15) is 116 Å². The van der Waals surface area contributed by atoms with Crippen LogP contribution in [0, 0.1) is 0 Å². The molecule has 0 bridgehead atoms. The van der Waals surface area contributed by atoms with Crippen molar-refractivity contribution in [2.45, 2.75) is 121 Å². The van der Waals surface area contributed by atoms with Gasteiger partial charge in [0.2, 0.25) is 0 Å². The van der Waals surface area contributed by atoms with E-state index in [-0.39, 0.29) is 59.1 Å². The number of carboxylic acids is 3. The average Bonchev–Trinajstić information content (AvgIpc) is 2.68. The number of unbranched alkanes of at least 4 members (excludes halogenated alkanes) is 14. The molecular formula is C22H40Na2O9S. The van der Waals surface area contributed by atoms with Crippen molar-refractivity contribution in [3.8, 4) is 0 Å². The standard InChI is InChI=1S/C18H36O2.C4H6O7S.2Na/c1-2-3-4-5-6-7-8-9-10-11-12-13-14-15-16-17-18(19)20;5-3(6)1-2(4(7)8)12(9,10)11;;/h2-17H2,1H3,(H,19,20);2H,1H2,(H,5,6)(H,7,8)(H,9,10,11);;/q;;2*+1/p-2. The fraction of sp³-hybridized carbons (Fsp3) is 0.864. The van der Waals surface area contributed by atoms with Crippen LogP contribution in [0.2, 0.25) is 0 Å². The smallest absolute Gasteiger partial charge is 0.550 e. The Morgan fingerprint density at radius 2 is 1.03 bits per heavy atom. The summed E-state index contributed by atoms with van der Waals surface area (Å²) in [4.78, 5) is 30.1. The first kappa shape index (κ1) is 41.4. The Morgan fingerprint density at radius 1 is 0.706 bits per heavy atom. The first-order valence-electron chi connectivity index (χ1n) is 11.6. The maximum absolute atomic E-state index is 10.3. The van der Waals surface area contributed by atoms with E-state index in [1.54, 1.807) is 0 Å². The molecule has 9 nitrogen and oxygen atoms in total. The van der Waals surface area contributed by atoms with Crippen molar-refractivity contribution >= 4 is 28.0 Å². The van der Waals surface area contributed by atoms with E-state index in [9.17, 15) is 33.0 Å². The van der Waals surface area contributed by atoms with Crippen molar-refractivity contribution in [2.75, 3.05) is 0 Å². The van der Waals surface area contributed by atoms with E-state index in [4.69, 9.17) is 9.66 Å². The number of rotatable bonds is 20. The van der Waals surface area contributed by atoms with Crippen LogP contribution in [-0.4, -0.2) is 41.2 Å². The summed E-state index contributed by atoms with van der Waals surface area (Å²) in [7, 11) is -4.94. The average molecular weight is 527 g/mol. The van der Waals surface area contributed by atoms with Crippen molar-refractivity contribution in [3.05, 3.63) is 0 Å². The SMILES string of the molecule is CCCCCCCCCCCCCCCCCC(=O)O.O=C([O-])CC(C(=O)[O-])S(=O)(=O)O.[Na+].[Na+]. The normalized spacial score (nSPS) is 11.2. The van der Waals surface area contributed by atoms with E-state index in [1.807, 2.05) is 0 Å². The molecule has 0 saturated heterocycles. The minimum atomic E-state index is -4.94. The molecule has 0 amide bonds. The molecule has 0 aliphatic heterocycles. The number of carboxylic acid groups (broad SMARTS) is 3. The second-order valence-electron chi connectivity index (χ2n) is 7.99. The number of hydrogen-bond donors (Lipinski definition) is 2. The summed E-state index contributed by atoms with van der Waals surface area (Å²) >= 11 is 0. The third-order valence-corrected chi connectivity index (χ3v) is 6.05. The number of aliphatic carboxylic acids is 3. The van der Waals surface area contributed by atoms with Gasteiger partial charge in [-0.2, -0.15) is 8.42 Å². The van der Waals surface area contributed by atoms with Gasteiger partial charge >= 0.3 is 65.1 Å². The topological polar surface area (TPSA) is 172 Å². The molecule has 0 heterocycles. The summed E-state index contributed by atoms with van der Waals surface area (Å²) in [6, 6.07) is 0. The van der Waals surface area contributed by atoms with Gasteiger partial charge in [-0.05, 0) is 6.42 Å². The van der Waals surface area contributed by atoms with E-state index in [0.717, 1.165) is 12.8 Å². The van der Waals surface area contributed by atoms with Gasteiger partial charge in [0.05, 0.1) is 5.97 Å². The van der Waals surface area contributed by atoms with Gasteiger partial charge in [-0.3, -0.25) is 9.35 Å². The van der Waals surface area contributed by atoms with Crippen molar-refractivity contribution < 1.29 is 102 Å². The van der Waals surface area contributed by atoms with E-state index in [2.05, 4.69) is 6.92 Å².